The molecule has 0 saturated carbocycles. The second-order valence-electron chi connectivity index (χ2n) is 4.27. The summed E-state index contributed by atoms with van der Waals surface area (Å²) in [5.41, 5.74) is -2.59. The molecule has 1 amide bonds. The van der Waals surface area contributed by atoms with E-state index < -0.39 is 34.9 Å². The highest BCUT2D eigenvalue weighted by atomic mass is 32.1. The van der Waals surface area contributed by atoms with Crippen LogP contribution in [0.3, 0.4) is 0 Å². The fraction of sp³-hybridized carbons (Fsp3) is 0.167. The highest BCUT2D eigenvalue weighted by molar-refractivity contribution is 7.71. The van der Waals surface area contributed by atoms with E-state index in [4.69, 9.17) is 12.2 Å². The molecule has 0 fully saturated rings. The van der Waals surface area contributed by atoms with E-state index in [1.165, 1.54) is 7.05 Å². The zero-order valence-corrected chi connectivity index (χ0v) is 11.7. The molecule has 0 aliphatic rings. The van der Waals surface area contributed by atoms with Crippen LogP contribution in [0.5, 0.6) is 0 Å². The summed E-state index contributed by atoms with van der Waals surface area (Å²) in [7, 11) is 1.21. The van der Waals surface area contributed by atoms with Gasteiger partial charge in [0.1, 0.15) is 22.0 Å². The van der Waals surface area contributed by atoms with Gasteiger partial charge in [0, 0.05) is 13.1 Å². The van der Waals surface area contributed by atoms with Crippen LogP contribution < -0.4 is 4.90 Å². The summed E-state index contributed by atoms with van der Waals surface area (Å²) in [5, 5.41) is 1.96. The standard InChI is InChI=1S/C12H8F5N3OS/c1-19-11(22)9(10(18-19)12(15,16)17)20(5-21)8-3-2-6(13)4-7(8)14/h2-5,18H,1H3. The number of aryl methyl sites for hydroxylation is 1. The predicted molar refractivity (Wildman–Crippen MR) is 70.2 cm³/mol. The molecule has 0 aliphatic heterocycles. The van der Waals surface area contributed by atoms with Crippen LogP contribution in [0.4, 0.5) is 33.3 Å². The number of carbonyl (C=O) groups is 1. The Labute approximate surface area is 125 Å². The van der Waals surface area contributed by atoms with Gasteiger partial charge >= 0.3 is 6.18 Å². The van der Waals surface area contributed by atoms with Gasteiger partial charge in [0.05, 0.1) is 5.69 Å². The molecule has 22 heavy (non-hydrogen) atoms. The number of rotatable bonds is 3. The van der Waals surface area contributed by atoms with E-state index in [2.05, 4.69) is 0 Å². The van der Waals surface area contributed by atoms with E-state index in [-0.39, 0.29) is 11.1 Å². The number of nitrogens with one attached hydrogen (secondary N) is 1. The lowest BCUT2D eigenvalue weighted by molar-refractivity contribution is -0.140. The molecule has 0 atom stereocenters. The van der Waals surface area contributed by atoms with Crippen molar-refractivity contribution in [2.24, 2.45) is 7.05 Å². The van der Waals surface area contributed by atoms with Crippen LogP contribution in [0.2, 0.25) is 0 Å². The lowest BCUT2D eigenvalue weighted by atomic mass is 10.2. The van der Waals surface area contributed by atoms with Gasteiger partial charge < -0.3 is 0 Å². The SMILES string of the molecule is Cn1[nH]c(C(F)(F)F)c(N(C=O)c2ccc(F)cc2F)c1=S. The molecule has 0 spiro atoms. The average Bonchev–Trinajstić information content (AvgIpc) is 2.70. The molecule has 1 aromatic heterocycles. The Hall–Kier alpha value is -2.23. The van der Waals surface area contributed by atoms with Crippen molar-refractivity contribution in [2.45, 2.75) is 6.18 Å². The van der Waals surface area contributed by atoms with Crippen LogP contribution in [-0.2, 0) is 18.0 Å². The van der Waals surface area contributed by atoms with Crippen molar-refractivity contribution in [2.75, 3.05) is 4.90 Å². The Morgan fingerprint density at radius 1 is 1.32 bits per heavy atom. The molecule has 0 saturated heterocycles. The van der Waals surface area contributed by atoms with Crippen molar-refractivity contribution in [1.82, 2.24) is 9.78 Å². The number of amides is 1. The number of hydrogen-bond acceptors (Lipinski definition) is 2. The highest BCUT2D eigenvalue weighted by Gasteiger charge is 2.39. The highest BCUT2D eigenvalue weighted by Crippen LogP contribution is 2.39. The number of aromatic nitrogens is 2. The second-order valence-corrected chi connectivity index (χ2v) is 4.66. The average molecular weight is 337 g/mol. The van der Waals surface area contributed by atoms with Crippen molar-refractivity contribution in [3.8, 4) is 0 Å². The van der Waals surface area contributed by atoms with Gasteiger partial charge in [-0.1, -0.05) is 12.2 Å². The van der Waals surface area contributed by atoms with E-state index >= 15 is 0 Å². The van der Waals surface area contributed by atoms with E-state index in [0.29, 0.717) is 11.0 Å². The maximum Gasteiger partial charge on any atom is 0.434 e. The maximum atomic E-state index is 13.8. The number of aromatic amines is 1. The summed E-state index contributed by atoms with van der Waals surface area (Å²) in [6.45, 7) is 0. The van der Waals surface area contributed by atoms with Gasteiger partial charge in [0.2, 0.25) is 6.41 Å². The number of carbonyl (C=O) groups excluding carboxylic acids is 1. The summed E-state index contributed by atoms with van der Waals surface area (Å²) < 4.78 is 66.3. The summed E-state index contributed by atoms with van der Waals surface area (Å²) in [4.78, 5) is 11.6. The fourth-order valence-corrected chi connectivity index (χ4v) is 2.11. The Bertz CT molecular complexity index is 780. The summed E-state index contributed by atoms with van der Waals surface area (Å²) in [6, 6.07) is 2.12. The molecule has 4 nitrogen and oxygen atoms in total. The molecule has 1 heterocycles. The summed E-state index contributed by atoms with van der Waals surface area (Å²) in [6.07, 6.45) is -4.87. The van der Waals surface area contributed by atoms with Crippen LogP contribution in [0.25, 0.3) is 0 Å². The van der Waals surface area contributed by atoms with Gasteiger partial charge in [-0.15, -0.1) is 0 Å². The zero-order chi connectivity index (χ0) is 16.7. The minimum atomic E-state index is -4.85. The van der Waals surface area contributed by atoms with Crippen LogP contribution in [-0.4, -0.2) is 16.2 Å². The lowest BCUT2D eigenvalue weighted by Crippen LogP contribution is -2.20. The van der Waals surface area contributed by atoms with Crippen molar-refractivity contribution in [3.63, 3.8) is 0 Å². The smallest absolute Gasteiger partial charge is 0.291 e. The third-order valence-electron chi connectivity index (χ3n) is 2.82. The third kappa shape index (κ3) is 2.73. The molecular formula is C12H8F5N3OS. The van der Waals surface area contributed by atoms with Gasteiger partial charge in [-0.3, -0.25) is 19.5 Å². The number of anilines is 2. The third-order valence-corrected chi connectivity index (χ3v) is 3.29. The number of H-pyrrole nitrogens is 1. The maximum absolute atomic E-state index is 13.8. The Morgan fingerprint density at radius 2 is 1.95 bits per heavy atom. The molecule has 0 aliphatic carbocycles. The van der Waals surface area contributed by atoms with Crippen molar-refractivity contribution < 1.29 is 26.7 Å². The predicted octanol–water partition coefficient (Wildman–Crippen LogP) is 3.67. The fourth-order valence-electron chi connectivity index (χ4n) is 1.86. The molecule has 118 valence electrons. The Kier molecular flexibility index (Phi) is 4.05. The largest absolute Gasteiger partial charge is 0.434 e. The van der Waals surface area contributed by atoms with Crippen LogP contribution in [0.15, 0.2) is 18.2 Å². The first kappa shape index (κ1) is 16.1. The lowest BCUT2D eigenvalue weighted by Gasteiger charge is -2.18. The Balaban J connectivity index is 2.72. The summed E-state index contributed by atoms with van der Waals surface area (Å²) >= 11 is 4.83. The van der Waals surface area contributed by atoms with E-state index in [1.54, 1.807) is 0 Å². The summed E-state index contributed by atoms with van der Waals surface area (Å²) in [5.74, 6) is -2.13. The molecule has 0 unspecified atom stereocenters. The topological polar surface area (TPSA) is 41.0 Å². The molecule has 10 heteroatoms. The van der Waals surface area contributed by atoms with Crippen LogP contribution >= 0.6 is 12.2 Å². The van der Waals surface area contributed by atoms with Gasteiger partial charge in [-0.2, -0.15) is 13.2 Å². The first-order valence-corrected chi connectivity index (χ1v) is 6.13. The van der Waals surface area contributed by atoms with Gasteiger partial charge in [0.15, 0.2) is 5.69 Å². The first-order chi connectivity index (χ1) is 10.2. The van der Waals surface area contributed by atoms with Crippen LogP contribution in [0, 0.1) is 16.3 Å². The first-order valence-electron chi connectivity index (χ1n) is 5.72. The van der Waals surface area contributed by atoms with Gasteiger partial charge in [-0.05, 0) is 12.1 Å². The number of nitrogens with zero attached hydrogens (tertiary/aromatic N) is 2. The molecule has 2 rings (SSSR count). The molecule has 0 bridgehead atoms. The minimum absolute atomic E-state index is 0.0233. The molecule has 1 N–H and O–H groups in total. The van der Waals surface area contributed by atoms with E-state index in [9.17, 15) is 26.7 Å². The number of alkyl halides is 3. The normalized spacial score (nSPS) is 11.5. The zero-order valence-electron chi connectivity index (χ0n) is 10.9. The van der Waals surface area contributed by atoms with Crippen LogP contribution in [0.1, 0.15) is 5.69 Å². The second kappa shape index (κ2) is 5.52. The Morgan fingerprint density at radius 3 is 2.45 bits per heavy atom. The van der Waals surface area contributed by atoms with E-state index in [0.717, 1.165) is 16.8 Å². The molecule has 1 aromatic carbocycles. The molecular weight excluding hydrogens is 329 g/mol. The number of benzene rings is 1. The van der Waals surface area contributed by atoms with Crippen molar-refractivity contribution >= 4 is 30.0 Å². The quantitative estimate of drug-likeness (QED) is 0.527. The monoisotopic (exact) mass is 337 g/mol. The number of halogens is 5. The number of hydrogen-bond donors (Lipinski definition) is 1. The van der Waals surface area contributed by atoms with E-state index in [1.807, 2.05) is 5.10 Å². The van der Waals surface area contributed by atoms with Gasteiger partial charge in [0.25, 0.3) is 0 Å². The minimum Gasteiger partial charge on any atom is -0.291 e. The molecule has 2 aromatic rings. The van der Waals surface area contributed by atoms with Crippen molar-refractivity contribution in [3.05, 3.63) is 40.2 Å². The van der Waals surface area contributed by atoms with Crippen molar-refractivity contribution in [1.29, 1.82) is 0 Å². The molecule has 0 radical (unpaired) electrons. The van der Waals surface area contributed by atoms with Gasteiger partial charge in [-0.25, -0.2) is 8.78 Å².